The third-order valence-electron chi connectivity index (χ3n) is 7.00. The molecule has 3 N–H and O–H groups in total. The van der Waals surface area contributed by atoms with Gasteiger partial charge in [-0.3, -0.25) is 19.2 Å². The van der Waals surface area contributed by atoms with Crippen molar-refractivity contribution in [3.63, 3.8) is 0 Å². The van der Waals surface area contributed by atoms with Crippen molar-refractivity contribution in [1.82, 2.24) is 25.4 Å². The summed E-state index contributed by atoms with van der Waals surface area (Å²) in [5.41, 5.74) is 1.29. The van der Waals surface area contributed by atoms with E-state index in [0.29, 0.717) is 40.7 Å². The Morgan fingerprint density at radius 1 is 1.12 bits per heavy atom. The average Bonchev–Trinajstić information content (AvgIpc) is 3.33. The maximum absolute atomic E-state index is 13.2. The molecule has 40 heavy (non-hydrogen) atoms. The molecule has 3 atom stereocenters. The molecule has 2 aliphatic rings. The number of carbonyl (C=O) groups is 4. The van der Waals surface area contributed by atoms with Gasteiger partial charge in [-0.15, -0.1) is 23.7 Å². The molecule has 4 amide bonds. The van der Waals surface area contributed by atoms with Crippen LogP contribution in [0.3, 0.4) is 0 Å². The number of ether oxygens (including phenoxy) is 1. The number of nitrogens with zero attached hydrogens (tertiary/aromatic N) is 3. The van der Waals surface area contributed by atoms with Crippen LogP contribution in [0.25, 0.3) is 0 Å². The summed E-state index contributed by atoms with van der Waals surface area (Å²) in [4.78, 5) is 60.8. The molecule has 1 aliphatic carbocycles. The zero-order valence-corrected chi connectivity index (χ0v) is 25.2. The van der Waals surface area contributed by atoms with Gasteiger partial charge in [-0.2, -0.15) is 0 Å². The first-order chi connectivity index (χ1) is 18.5. The van der Waals surface area contributed by atoms with Crippen LogP contribution in [-0.4, -0.2) is 85.3 Å². The first-order valence-electron chi connectivity index (χ1n) is 12.7. The summed E-state index contributed by atoms with van der Waals surface area (Å²) in [5.74, 6) is -2.06. The maximum Gasteiger partial charge on any atom is 0.313 e. The standard InChI is InChI=1S/C26H33ClN6O5S.ClH/c1-32(2)26(37)14-5-8-17(29-23(35)22(34)28-15-6-7-16(27)20(12-15)38-4)19(11-14)30-24(36)25-31-18-9-10-33(3)13-21(18)39-25;/h6-7,12,14,17,19H,5,8-11,13H2,1-4H3,(H,28,34)(H,29,35)(H,30,36);1H/t14-,17-,19+;/m0./s1. The summed E-state index contributed by atoms with van der Waals surface area (Å²) in [6.07, 6.45) is 2.05. The second kappa shape index (κ2) is 13.6. The third kappa shape index (κ3) is 7.42. The minimum atomic E-state index is -0.868. The van der Waals surface area contributed by atoms with E-state index in [-0.39, 0.29) is 30.1 Å². The van der Waals surface area contributed by atoms with Crippen LogP contribution in [0.4, 0.5) is 5.69 Å². The Morgan fingerprint density at radius 3 is 2.58 bits per heavy atom. The van der Waals surface area contributed by atoms with Crippen molar-refractivity contribution in [1.29, 1.82) is 0 Å². The van der Waals surface area contributed by atoms with Gasteiger partial charge in [-0.1, -0.05) is 11.6 Å². The Balaban J connectivity index is 0.00000441. The Labute approximate surface area is 248 Å². The van der Waals surface area contributed by atoms with Gasteiger partial charge in [0.1, 0.15) is 5.75 Å². The highest BCUT2D eigenvalue weighted by Gasteiger charge is 2.37. The van der Waals surface area contributed by atoms with Crippen molar-refractivity contribution in [2.75, 3.05) is 40.1 Å². The molecule has 14 heteroatoms. The van der Waals surface area contributed by atoms with E-state index in [1.807, 2.05) is 7.05 Å². The highest BCUT2D eigenvalue weighted by molar-refractivity contribution is 7.13. The summed E-state index contributed by atoms with van der Waals surface area (Å²) >= 11 is 7.39. The van der Waals surface area contributed by atoms with Crippen LogP contribution < -0.4 is 20.7 Å². The largest absolute Gasteiger partial charge is 0.495 e. The van der Waals surface area contributed by atoms with Crippen LogP contribution in [0.5, 0.6) is 5.75 Å². The van der Waals surface area contributed by atoms with Crippen molar-refractivity contribution in [3.8, 4) is 5.75 Å². The SMILES string of the molecule is COc1cc(NC(=O)C(=O)N[C@H]2CC[C@H](C(=O)N(C)C)C[C@H]2NC(=O)c2nc3c(s2)CN(C)CC3)ccc1Cl.Cl. The van der Waals surface area contributed by atoms with Gasteiger partial charge in [0, 0.05) is 62.2 Å². The molecule has 0 spiro atoms. The molecule has 0 saturated heterocycles. The lowest BCUT2D eigenvalue weighted by Gasteiger charge is -2.37. The number of halogens is 2. The molecule has 1 fully saturated rings. The Hall–Kier alpha value is -2.93. The van der Waals surface area contributed by atoms with Gasteiger partial charge in [-0.25, -0.2) is 4.98 Å². The minimum absolute atomic E-state index is 0. The number of amides is 4. The van der Waals surface area contributed by atoms with Gasteiger partial charge < -0.3 is 30.5 Å². The number of anilines is 1. The predicted molar refractivity (Wildman–Crippen MR) is 155 cm³/mol. The van der Waals surface area contributed by atoms with Crippen LogP contribution in [-0.2, 0) is 27.3 Å². The molecule has 2 aromatic rings. The van der Waals surface area contributed by atoms with Gasteiger partial charge in [-0.05, 0) is 38.4 Å². The molecule has 2 heterocycles. The predicted octanol–water partition coefficient (Wildman–Crippen LogP) is 2.33. The number of hydrogen-bond acceptors (Lipinski definition) is 8. The minimum Gasteiger partial charge on any atom is -0.495 e. The molecule has 1 aromatic heterocycles. The van der Waals surface area contributed by atoms with E-state index in [1.165, 1.54) is 29.4 Å². The van der Waals surface area contributed by atoms with Crippen LogP contribution in [0.15, 0.2) is 18.2 Å². The topological polar surface area (TPSA) is 133 Å². The van der Waals surface area contributed by atoms with Crippen LogP contribution in [0, 0.1) is 5.92 Å². The molecule has 1 aromatic carbocycles. The summed E-state index contributed by atoms with van der Waals surface area (Å²) in [6, 6.07) is 3.52. The van der Waals surface area contributed by atoms with E-state index in [0.717, 1.165) is 30.1 Å². The molecule has 0 unspecified atom stereocenters. The van der Waals surface area contributed by atoms with E-state index in [1.54, 1.807) is 26.2 Å². The fourth-order valence-electron chi connectivity index (χ4n) is 4.90. The molecule has 1 aliphatic heterocycles. The molecule has 11 nitrogen and oxygen atoms in total. The first-order valence-corrected chi connectivity index (χ1v) is 13.9. The number of carbonyl (C=O) groups excluding carboxylic acids is 4. The molecular weight excluding hydrogens is 579 g/mol. The van der Waals surface area contributed by atoms with E-state index in [4.69, 9.17) is 16.3 Å². The number of likely N-dealkylation sites (N-methyl/N-ethyl adjacent to an activating group) is 1. The number of benzene rings is 1. The number of nitrogens with one attached hydrogen (secondary N) is 3. The lowest BCUT2D eigenvalue weighted by atomic mass is 9.81. The zero-order chi connectivity index (χ0) is 28.3. The van der Waals surface area contributed by atoms with Crippen molar-refractivity contribution in [3.05, 3.63) is 38.8 Å². The lowest BCUT2D eigenvalue weighted by Crippen LogP contribution is -2.57. The van der Waals surface area contributed by atoms with Crippen molar-refractivity contribution in [2.45, 2.75) is 44.3 Å². The summed E-state index contributed by atoms with van der Waals surface area (Å²) < 4.78 is 5.15. The molecule has 4 rings (SSSR count). The number of rotatable bonds is 6. The van der Waals surface area contributed by atoms with Gasteiger partial charge in [0.2, 0.25) is 5.91 Å². The average molecular weight is 614 g/mol. The fraction of sp³-hybridized carbons (Fsp3) is 0.500. The van der Waals surface area contributed by atoms with Crippen LogP contribution in [0.1, 0.15) is 39.6 Å². The zero-order valence-electron chi connectivity index (χ0n) is 22.8. The smallest absolute Gasteiger partial charge is 0.313 e. The number of fused-ring (bicyclic) bond motifs is 1. The van der Waals surface area contributed by atoms with Gasteiger partial charge in [0.25, 0.3) is 5.91 Å². The Kier molecular flexibility index (Phi) is 10.8. The highest BCUT2D eigenvalue weighted by atomic mass is 35.5. The first kappa shape index (κ1) is 31.6. The fourth-order valence-corrected chi connectivity index (χ4v) is 6.19. The van der Waals surface area contributed by atoms with E-state index < -0.39 is 23.9 Å². The number of hydrogen-bond donors (Lipinski definition) is 3. The van der Waals surface area contributed by atoms with Crippen molar-refractivity contribution in [2.24, 2.45) is 5.92 Å². The van der Waals surface area contributed by atoms with Gasteiger partial charge >= 0.3 is 11.8 Å². The second-order valence-corrected chi connectivity index (χ2v) is 11.6. The number of thiazole rings is 1. The third-order valence-corrected chi connectivity index (χ3v) is 8.40. The van der Waals surface area contributed by atoms with E-state index in [2.05, 4.69) is 25.8 Å². The quantitative estimate of drug-likeness (QED) is 0.426. The van der Waals surface area contributed by atoms with Gasteiger partial charge in [0.05, 0.1) is 23.9 Å². The van der Waals surface area contributed by atoms with Crippen LogP contribution >= 0.6 is 35.3 Å². The van der Waals surface area contributed by atoms with E-state index in [9.17, 15) is 19.2 Å². The van der Waals surface area contributed by atoms with E-state index >= 15 is 0 Å². The highest BCUT2D eigenvalue weighted by Crippen LogP contribution is 2.29. The molecule has 1 saturated carbocycles. The number of methoxy groups -OCH3 is 1. The monoisotopic (exact) mass is 612 g/mol. The van der Waals surface area contributed by atoms with Crippen molar-refractivity contribution >= 4 is 64.7 Å². The second-order valence-electron chi connectivity index (χ2n) is 10.1. The van der Waals surface area contributed by atoms with Gasteiger partial charge in [0.15, 0.2) is 5.01 Å². The molecule has 0 radical (unpaired) electrons. The normalized spacial score (nSPS) is 20.4. The molecule has 218 valence electrons. The number of aromatic nitrogens is 1. The van der Waals surface area contributed by atoms with Crippen molar-refractivity contribution < 1.29 is 23.9 Å². The Bertz CT molecular complexity index is 1270. The van der Waals surface area contributed by atoms with Crippen LogP contribution in [0.2, 0.25) is 5.02 Å². The Morgan fingerprint density at radius 2 is 1.88 bits per heavy atom. The lowest BCUT2D eigenvalue weighted by molar-refractivity contribution is -0.137. The molecular formula is C26H34Cl2N6O5S. The molecule has 0 bridgehead atoms. The maximum atomic E-state index is 13.2. The summed E-state index contributed by atoms with van der Waals surface area (Å²) in [5, 5.41) is 9.02. The summed E-state index contributed by atoms with van der Waals surface area (Å²) in [7, 11) is 6.86. The summed E-state index contributed by atoms with van der Waals surface area (Å²) in [6.45, 7) is 1.63.